The van der Waals surface area contributed by atoms with Crippen LogP contribution >= 0.6 is 11.3 Å². The van der Waals surface area contributed by atoms with E-state index in [4.69, 9.17) is 9.47 Å². The molecule has 2 aromatic heterocycles. The third kappa shape index (κ3) is 3.70. The van der Waals surface area contributed by atoms with E-state index >= 15 is 0 Å². The molecule has 2 aromatic carbocycles. The Morgan fingerprint density at radius 3 is 2.79 bits per heavy atom. The number of fused-ring (bicyclic) bond motifs is 1. The number of aromatic nitrogens is 2. The Morgan fingerprint density at radius 1 is 1.11 bits per heavy atom. The van der Waals surface area contributed by atoms with E-state index in [1.165, 1.54) is 11.3 Å². The Bertz CT molecular complexity index is 1130. The van der Waals surface area contributed by atoms with Gasteiger partial charge in [0.25, 0.3) is 0 Å². The first-order chi connectivity index (χ1) is 13.7. The third-order valence-electron chi connectivity index (χ3n) is 4.36. The molecule has 0 radical (unpaired) electrons. The highest BCUT2D eigenvalue weighted by molar-refractivity contribution is 7.13. The molecule has 142 valence electrons. The van der Waals surface area contributed by atoms with Gasteiger partial charge in [0.2, 0.25) is 5.91 Å². The number of nitrogens with zero attached hydrogens (tertiary/aromatic N) is 1. The summed E-state index contributed by atoms with van der Waals surface area (Å²) in [4.78, 5) is 20.1. The van der Waals surface area contributed by atoms with E-state index in [1.54, 1.807) is 14.2 Å². The van der Waals surface area contributed by atoms with Crippen LogP contribution in [0, 0.1) is 0 Å². The summed E-state index contributed by atoms with van der Waals surface area (Å²) in [5.74, 6) is 1.21. The molecule has 6 nitrogen and oxygen atoms in total. The van der Waals surface area contributed by atoms with E-state index in [2.05, 4.69) is 15.3 Å². The predicted octanol–water partition coefficient (Wildman–Crippen LogP) is 4.49. The van der Waals surface area contributed by atoms with Gasteiger partial charge in [0.05, 0.1) is 26.3 Å². The Kier molecular flexibility index (Phi) is 4.99. The van der Waals surface area contributed by atoms with Gasteiger partial charge in [0, 0.05) is 28.3 Å². The number of hydrogen-bond acceptors (Lipinski definition) is 5. The zero-order chi connectivity index (χ0) is 19.5. The van der Waals surface area contributed by atoms with Crippen LogP contribution in [0.2, 0.25) is 0 Å². The van der Waals surface area contributed by atoms with Crippen molar-refractivity contribution in [3.8, 4) is 22.1 Å². The van der Waals surface area contributed by atoms with Gasteiger partial charge in [-0.3, -0.25) is 4.79 Å². The molecule has 0 atom stereocenters. The standard InChI is InChI=1S/C21H19N3O3S/c1-26-18-6-4-14(9-19(18)27-2)21-24-16(12-28-21)11-20(25)23-15-5-3-13-7-8-22-17(13)10-15/h3-10,12,22H,11H2,1-2H3,(H,23,25). The molecule has 0 aliphatic carbocycles. The molecule has 0 saturated carbocycles. The van der Waals surface area contributed by atoms with Crippen molar-refractivity contribution < 1.29 is 14.3 Å². The predicted molar refractivity (Wildman–Crippen MR) is 111 cm³/mol. The van der Waals surface area contributed by atoms with Gasteiger partial charge in [-0.1, -0.05) is 6.07 Å². The summed E-state index contributed by atoms with van der Waals surface area (Å²) in [5.41, 5.74) is 3.40. The number of thiazole rings is 1. The quantitative estimate of drug-likeness (QED) is 0.506. The molecule has 0 aliphatic rings. The number of rotatable bonds is 6. The van der Waals surface area contributed by atoms with Crippen molar-refractivity contribution in [1.29, 1.82) is 0 Å². The van der Waals surface area contributed by atoms with Crippen molar-refractivity contribution in [1.82, 2.24) is 9.97 Å². The number of methoxy groups -OCH3 is 2. The zero-order valence-corrected chi connectivity index (χ0v) is 16.3. The van der Waals surface area contributed by atoms with Crippen molar-refractivity contribution in [2.24, 2.45) is 0 Å². The Morgan fingerprint density at radius 2 is 1.96 bits per heavy atom. The minimum Gasteiger partial charge on any atom is -0.493 e. The maximum atomic E-state index is 12.4. The molecule has 2 N–H and O–H groups in total. The van der Waals surface area contributed by atoms with Crippen molar-refractivity contribution in [3.05, 3.63) is 59.7 Å². The maximum Gasteiger partial charge on any atom is 0.230 e. The van der Waals surface area contributed by atoms with Crippen LogP contribution in [0.15, 0.2) is 54.0 Å². The molecule has 28 heavy (non-hydrogen) atoms. The van der Waals surface area contributed by atoms with E-state index < -0.39 is 0 Å². The van der Waals surface area contributed by atoms with Crippen LogP contribution in [0.5, 0.6) is 11.5 Å². The molecule has 4 rings (SSSR count). The van der Waals surface area contributed by atoms with Crippen LogP contribution in [0.4, 0.5) is 5.69 Å². The molecule has 0 aliphatic heterocycles. The van der Waals surface area contributed by atoms with Crippen LogP contribution < -0.4 is 14.8 Å². The van der Waals surface area contributed by atoms with Crippen molar-refractivity contribution in [2.45, 2.75) is 6.42 Å². The van der Waals surface area contributed by atoms with Gasteiger partial charge >= 0.3 is 0 Å². The molecule has 0 spiro atoms. The van der Waals surface area contributed by atoms with E-state index in [0.717, 1.165) is 32.9 Å². The molecule has 0 fully saturated rings. The molecule has 0 unspecified atom stereocenters. The molecule has 0 saturated heterocycles. The lowest BCUT2D eigenvalue weighted by molar-refractivity contribution is -0.115. The summed E-state index contributed by atoms with van der Waals surface area (Å²) in [6.45, 7) is 0. The van der Waals surface area contributed by atoms with Gasteiger partial charge in [0.15, 0.2) is 11.5 Å². The summed E-state index contributed by atoms with van der Waals surface area (Å²) >= 11 is 1.49. The lowest BCUT2D eigenvalue weighted by Gasteiger charge is -2.08. The third-order valence-corrected chi connectivity index (χ3v) is 5.30. The highest BCUT2D eigenvalue weighted by Gasteiger charge is 2.12. The second-order valence-electron chi connectivity index (χ2n) is 6.22. The van der Waals surface area contributed by atoms with E-state index in [0.29, 0.717) is 11.5 Å². The second-order valence-corrected chi connectivity index (χ2v) is 7.08. The lowest BCUT2D eigenvalue weighted by atomic mass is 10.2. The minimum absolute atomic E-state index is 0.102. The first kappa shape index (κ1) is 18.1. The smallest absolute Gasteiger partial charge is 0.230 e. The van der Waals surface area contributed by atoms with Crippen molar-refractivity contribution >= 4 is 33.8 Å². The van der Waals surface area contributed by atoms with E-state index in [9.17, 15) is 4.79 Å². The van der Waals surface area contributed by atoms with Crippen LogP contribution in [0.1, 0.15) is 5.69 Å². The summed E-state index contributed by atoms with van der Waals surface area (Å²) in [6, 6.07) is 13.4. The summed E-state index contributed by atoms with van der Waals surface area (Å²) in [6.07, 6.45) is 2.09. The summed E-state index contributed by atoms with van der Waals surface area (Å²) < 4.78 is 10.6. The van der Waals surface area contributed by atoms with Crippen molar-refractivity contribution in [2.75, 3.05) is 19.5 Å². The van der Waals surface area contributed by atoms with Gasteiger partial charge in [-0.05, 0) is 41.8 Å². The van der Waals surface area contributed by atoms with Crippen LogP contribution in [0.25, 0.3) is 21.5 Å². The number of nitrogens with one attached hydrogen (secondary N) is 2. The van der Waals surface area contributed by atoms with E-state index in [1.807, 2.05) is 54.0 Å². The van der Waals surface area contributed by atoms with Crippen molar-refractivity contribution in [3.63, 3.8) is 0 Å². The SMILES string of the molecule is COc1ccc(-c2nc(CC(=O)Nc3ccc4cc[nH]c4c3)cs2)cc1OC. The first-order valence-corrected chi connectivity index (χ1v) is 9.58. The number of benzene rings is 2. The average Bonchev–Trinajstić information content (AvgIpc) is 3.36. The number of ether oxygens (including phenoxy) is 2. The topological polar surface area (TPSA) is 76.2 Å². The van der Waals surface area contributed by atoms with E-state index in [-0.39, 0.29) is 12.3 Å². The second kappa shape index (κ2) is 7.74. The number of hydrogen-bond donors (Lipinski definition) is 2. The zero-order valence-electron chi connectivity index (χ0n) is 15.5. The lowest BCUT2D eigenvalue weighted by Crippen LogP contribution is -2.14. The molecule has 7 heteroatoms. The highest BCUT2D eigenvalue weighted by atomic mass is 32.1. The largest absolute Gasteiger partial charge is 0.493 e. The summed E-state index contributed by atoms with van der Waals surface area (Å²) in [7, 11) is 3.20. The molecule has 0 bridgehead atoms. The number of aromatic amines is 1. The molecular weight excluding hydrogens is 374 g/mol. The maximum absolute atomic E-state index is 12.4. The monoisotopic (exact) mass is 393 g/mol. The summed E-state index contributed by atoms with van der Waals surface area (Å²) in [5, 5.41) is 6.76. The normalized spacial score (nSPS) is 10.8. The molecular formula is C21H19N3O3S. The average molecular weight is 393 g/mol. The van der Waals surface area contributed by atoms with Gasteiger partial charge in [-0.25, -0.2) is 4.98 Å². The Balaban J connectivity index is 1.46. The van der Waals surface area contributed by atoms with Crippen LogP contribution in [-0.4, -0.2) is 30.1 Å². The number of anilines is 1. The first-order valence-electron chi connectivity index (χ1n) is 8.70. The number of carbonyl (C=O) groups excluding carboxylic acids is 1. The molecule has 2 heterocycles. The fourth-order valence-electron chi connectivity index (χ4n) is 2.99. The van der Waals surface area contributed by atoms with Crippen LogP contribution in [-0.2, 0) is 11.2 Å². The van der Waals surface area contributed by atoms with Gasteiger partial charge < -0.3 is 19.8 Å². The minimum atomic E-state index is -0.102. The Labute approximate surface area is 166 Å². The fraction of sp³-hybridized carbons (Fsp3) is 0.143. The number of H-pyrrole nitrogens is 1. The number of amides is 1. The van der Waals surface area contributed by atoms with Crippen LogP contribution in [0.3, 0.4) is 0 Å². The molecule has 4 aromatic rings. The highest BCUT2D eigenvalue weighted by Crippen LogP contribution is 2.33. The van der Waals surface area contributed by atoms with Gasteiger partial charge in [0.1, 0.15) is 5.01 Å². The van der Waals surface area contributed by atoms with Gasteiger partial charge in [-0.15, -0.1) is 11.3 Å². The van der Waals surface area contributed by atoms with Gasteiger partial charge in [-0.2, -0.15) is 0 Å². The molecule has 1 amide bonds. The fourth-order valence-corrected chi connectivity index (χ4v) is 3.80. The Hall–Kier alpha value is -3.32. The number of carbonyl (C=O) groups is 1.